The van der Waals surface area contributed by atoms with Gasteiger partial charge in [0.2, 0.25) is 0 Å². The molecule has 1 N–H and O–H groups in total. The second-order valence-corrected chi connectivity index (χ2v) is 5.82. The molecule has 0 amide bonds. The molecule has 0 unspecified atom stereocenters. The molecule has 0 bridgehead atoms. The molecule has 19 heavy (non-hydrogen) atoms. The van der Waals surface area contributed by atoms with Gasteiger partial charge >= 0.3 is 0 Å². The summed E-state index contributed by atoms with van der Waals surface area (Å²) in [7, 11) is 0. The Labute approximate surface area is 121 Å². The van der Waals surface area contributed by atoms with Crippen molar-refractivity contribution >= 4 is 15.9 Å². The number of aromatic nitrogens is 4. The third-order valence-electron chi connectivity index (χ3n) is 2.69. The van der Waals surface area contributed by atoms with E-state index in [1.807, 2.05) is 16.8 Å². The Hall–Kier alpha value is -1.27. The van der Waals surface area contributed by atoms with Crippen LogP contribution in [0, 0.1) is 5.92 Å². The van der Waals surface area contributed by atoms with Gasteiger partial charge in [0.15, 0.2) is 5.82 Å². The van der Waals surface area contributed by atoms with Gasteiger partial charge < -0.3 is 5.32 Å². The molecule has 0 aliphatic rings. The van der Waals surface area contributed by atoms with Crippen molar-refractivity contribution in [1.29, 1.82) is 0 Å². The average molecular weight is 324 g/mol. The number of hydrogen-bond donors (Lipinski definition) is 1. The zero-order valence-electron chi connectivity index (χ0n) is 11.2. The Morgan fingerprint density at radius 3 is 2.68 bits per heavy atom. The minimum atomic E-state index is 0.621. The first-order valence-electron chi connectivity index (χ1n) is 6.35. The Morgan fingerprint density at radius 1 is 1.26 bits per heavy atom. The Kier molecular flexibility index (Phi) is 5.04. The molecule has 0 aliphatic heterocycles. The van der Waals surface area contributed by atoms with Crippen LogP contribution in [-0.2, 0) is 13.1 Å². The molecule has 2 aromatic rings. The largest absolute Gasteiger partial charge is 0.310 e. The van der Waals surface area contributed by atoms with Gasteiger partial charge in [0.05, 0.1) is 13.1 Å². The fourth-order valence-electron chi connectivity index (χ4n) is 1.71. The smallest absolute Gasteiger partial charge is 0.165 e. The van der Waals surface area contributed by atoms with Crippen LogP contribution in [0.2, 0.25) is 0 Å². The Bertz CT molecular complexity index is 506. The van der Waals surface area contributed by atoms with E-state index in [4.69, 9.17) is 0 Å². The summed E-state index contributed by atoms with van der Waals surface area (Å²) in [6.45, 7) is 6.71. The number of benzene rings is 1. The maximum atomic E-state index is 4.06. The van der Waals surface area contributed by atoms with Crippen LogP contribution in [-0.4, -0.2) is 26.8 Å². The van der Waals surface area contributed by atoms with E-state index >= 15 is 0 Å². The lowest BCUT2D eigenvalue weighted by atomic mass is 10.2. The van der Waals surface area contributed by atoms with Crippen molar-refractivity contribution in [2.24, 2.45) is 5.92 Å². The summed E-state index contributed by atoms with van der Waals surface area (Å²) in [6, 6.07) is 8.18. The quantitative estimate of drug-likeness (QED) is 0.885. The molecule has 1 heterocycles. The second kappa shape index (κ2) is 6.77. The standard InChI is InChI=1S/C13H18BrN5/c1-10(2)7-15-8-13-16-17-18-19(13)9-11-3-5-12(14)6-4-11/h3-6,10,15H,7-9H2,1-2H3. The first kappa shape index (κ1) is 14.1. The number of nitrogens with one attached hydrogen (secondary N) is 1. The third-order valence-corrected chi connectivity index (χ3v) is 3.22. The van der Waals surface area contributed by atoms with Gasteiger partial charge in [-0.05, 0) is 40.6 Å². The molecule has 1 aromatic heterocycles. The maximum Gasteiger partial charge on any atom is 0.165 e. The van der Waals surface area contributed by atoms with Crippen LogP contribution in [0.1, 0.15) is 25.2 Å². The molecule has 102 valence electrons. The second-order valence-electron chi connectivity index (χ2n) is 4.90. The van der Waals surface area contributed by atoms with Crippen LogP contribution >= 0.6 is 15.9 Å². The van der Waals surface area contributed by atoms with Crippen molar-refractivity contribution in [2.75, 3.05) is 6.54 Å². The van der Waals surface area contributed by atoms with Gasteiger partial charge in [-0.2, -0.15) is 0 Å². The number of halogens is 1. The summed E-state index contributed by atoms with van der Waals surface area (Å²) < 4.78 is 2.91. The molecule has 0 atom stereocenters. The van der Waals surface area contributed by atoms with E-state index in [9.17, 15) is 0 Å². The Balaban J connectivity index is 1.97. The zero-order valence-corrected chi connectivity index (χ0v) is 12.8. The van der Waals surface area contributed by atoms with Crippen LogP contribution in [0.3, 0.4) is 0 Å². The summed E-state index contributed by atoms with van der Waals surface area (Å²) in [5.41, 5.74) is 1.18. The van der Waals surface area contributed by atoms with Crippen molar-refractivity contribution in [3.05, 3.63) is 40.1 Å². The molecule has 0 fully saturated rings. The number of hydrogen-bond acceptors (Lipinski definition) is 4. The molecule has 2 rings (SSSR count). The van der Waals surface area contributed by atoms with E-state index in [-0.39, 0.29) is 0 Å². The van der Waals surface area contributed by atoms with Gasteiger partial charge in [-0.15, -0.1) is 5.10 Å². The van der Waals surface area contributed by atoms with E-state index in [1.54, 1.807) is 0 Å². The monoisotopic (exact) mass is 323 g/mol. The van der Waals surface area contributed by atoms with E-state index in [2.05, 4.69) is 62.8 Å². The minimum Gasteiger partial charge on any atom is -0.310 e. The molecule has 0 radical (unpaired) electrons. The van der Waals surface area contributed by atoms with Crippen LogP contribution in [0.5, 0.6) is 0 Å². The van der Waals surface area contributed by atoms with Crippen molar-refractivity contribution in [3.63, 3.8) is 0 Å². The van der Waals surface area contributed by atoms with Gasteiger partial charge in [-0.3, -0.25) is 0 Å². The molecular weight excluding hydrogens is 306 g/mol. The summed E-state index contributed by atoms with van der Waals surface area (Å²) in [6.07, 6.45) is 0. The van der Waals surface area contributed by atoms with Crippen molar-refractivity contribution in [3.8, 4) is 0 Å². The molecule has 0 saturated heterocycles. The SMILES string of the molecule is CC(C)CNCc1nnnn1Cc1ccc(Br)cc1. The molecule has 0 saturated carbocycles. The highest BCUT2D eigenvalue weighted by atomic mass is 79.9. The van der Waals surface area contributed by atoms with Crippen LogP contribution in [0.25, 0.3) is 0 Å². The number of nitrogens with zero attached hydrogens (tertiary/aromatic N) is 4. The molecule has 5 nitrogen and oxygen atoms in total. The Morgan fingerprint density at radius 2 is 2.00 bits per heavy atom. The maximum absolute atomic E-state index is 4.06. The lowest BCUT2D eigenvalue weighted by Gasteiger charge is -2.08. The fraction of sp³-hybridized carbons (Fsp3) is 0.462. The first-order valence-corrected chi connectivity index (χ1v) is 7.14. The average Bonchev–Trinajstić information content (AvgIpc) is 2.79. The topological polar surface area (TPSA) is 55.6 Å². The highest BCUT2D eigenvalue weighted by Crippen LogP contribution is 2.11. The summed E-state index contributed by atoms with van der Waals surface area (Å²) >= 11 is 3.43. The fourth-order valence-corrected chi connectivity index (χ4v) is 1.97. The molecular formula is C13H18BrN5. The zero-order chi connectivity index (χ0) is 13.7. The minimum absolute atomic E-state index is 0.621. The van der Waals surface area contributed by atoms with Crippen molar-refractivity contribution in [1.82, 2.24) is 25.5 Å². The van der Waals surface area contributed by atoms with Crippen LogP contribution in [0.4, 0.5) is 0 Å². The van der Waals surface area contributed by atoms with Crippen LogP contribution < -0.4 is 5.32 Å². The van der Waals surface area contributed by atoms with Crippen molar-refractivity contribution < 1.29 is 0 Å². The predicted octanol–water partition coefficient (Wildman–Crippen LogP) is 2.23. The molecule has 1 aromatic carbocycles. The highest BCUT2D eigenvalue weighted by molar-refractivity contribution is 9.10. The van der Waals surface area contributed by atoms with Gasteiger partial charge in [-0.25, -0.2) is 4.68 Å². The van der Waals surface area contributed by atoms with Crippen molar-refractivity contribution in [2.45, 2.75) is 26.9 Å². The van der Waals surface area contributed by atoms with Gasteiger partial charge in [-0.1, -0.05) is 41.9 Å². The lowest BCUT2D eigenvalue weighted by Crippen LogP contribution is -2.22. The normalized spacial score (nSPS) is 11.2. The van der Waals surface area contributed by atoms with E-state index in [1.165, 1.54) is 5.56 Å². The molecule has 6 heteroatoms. The molecule has 0 spiro atoms. The highest BCUT2D eigenvalue weighted by Gasteiger charge is 2.06. The summed E-state index contributed by atoms with van der Waals surface area (Å²) in [5, 5.41) is 15.2. The van der Waals surface area contributed by atoms with E-state index in [0.717, 1.165) is 16.8 Å². The predicted molar refractivity (Wildman–Crippen MR) is 77.6 cm³/mol. The lowest BCUT2D eigenvalue weighted by molar-refractivity contribution is 0.523. The third kappa shape index (κ3) is 4.40. The van der Waals surface area contributed by atoms with E-state index in [0.29, 0.717) is 19.0 Å². The van der Waals surface area contributed by atoms with Gasteiger partial charge in [0, 0.05) is 4.47 Å². The first-order chi connectivity index (χ1) is 9.15. The summed E-state index contributed by atoms with van der Waals surface area (Å²) in [5.74, 6) is 1.49. The summed E-state index contributed by atoms with van der Waals surface area (Å²) in [4.78, 5) is 0. The van der Waals surface area contributed by atoms with E-state index < -0.39 is 0 Å². The van der Waals surface area contributed by atoms with Gasteiger partial charge in [0.1, 0.15) is 0 Å². The number of rotatable bonds is 6. The van der Waals surface area contributed by atoms with Gasteiger partial charge in [0.25, 0.3) is 0 Å². The molecule has 0 aliphatic carbocycles. The van der Waals surface area contributed by atoms with Crippen LogP contribution in [0.15, 0.2) is 28.7 Å². The number of tetrazole rings is 1.